The van der Waals surface area contributed by atoms with Crippen LogP contribution in [0.5, 0.6) is 0 Å². The van der Waals surface area contributed by atoms with Crippen LogP contribution in [0.1, 0.15) is 6.92 Å². The highest BCUT2D eigenvalue weighted by molar-refractivity contribution is 5.83. The maximum Gasteiger partial charge on any atom is 0.324 e. The van der Waals surface area contributed by atoms with Crippen molar-refractivity contribution < 1.29 is 27.1 Å². The van der Waals surface area contributed by atoms with E-state index in [0.29, 0.717) is 0 Å². The van der Waals surface area contributed by atoms with Crippen molar-refractivity contribution >= 4 is 5.91 Å². The zero-order chi connectivity index (χ0) is 13.3. The molecule has 1 aliphatic heterocycles. The Bertz CT molecular complexity index is 301. The number of hydrogen-bond donors (Lipinski definition) is 2. The average Bonchev–Trinajstić information content (AvgIpc) is 2.57. The smallest absolute Gasteiger partial charge is 0.324 e. The number of nitrogens with one attached hydrogen (secondary N) is 1. The maximum absolute atomic E-state index is 12.6. The lowest BCUT2D eigenvalue weighted by Crippen LogP contribution is -2.52. The minimum absolute atomic E-state index is 0.0136. The molecule has 0 aliphatic carbocycles. The van der Waals surface area contributed by atoms with Crippen molar-refractivity contribution in [3.8, 4) is 0 Å². The second kappa shape index (κ2) is 4.77. The Morgan fingerprint density at radius 2 is 2.24 bits per heavy atom. The number of amides is 1. The number of nitrogens with two attached hydrogens (primary N) is 1. The van der Waals surface area contributed by atoms with E-state index in [2.05, 4.69) is 0 Å². The van der Waals surface area contributed by atoms with Gasteiger partial charge >= 0.3 is 12.3 Å². The van der Waals surface area contributed by atoms with Crippen molar-refractivity contribution in [1.82, 2.24) is 5.32 Å². The van der Waals surface area contributed by atoms with Gasteiger partial charge in [-0.15, -0.1) is 0 Å². The third kappa shape index (κ3) is 2.86. The van der Waals surface area contributed by atoms with Gasteiger partial charge in [-0.1, -0.05) is 0 Å². The molecule has 0 radical (unpaired) electrons. The van der Waals surface area contributed by atoms with Gasteiger partial charge < -0.3 is 15.8 Å². The zero-order valence-electron chi connectivity index (χ0n) is 9.18. The number of ether oxygens (including phenoxy) is 1. The summed E-state index contributed by atoms with van der Waals surface area (Å²) in [4.78, 5) is 11.6. The molecule has 2 unspecified atom stereocenters. The summed E-state index contributed by atoms with van der Waals surface area (Å²) in [6.07, 6.45) is -3.82. The summed E-state index contributed by atoms with van der Waals surface area (Å²) >= 11 is 0. The lowest BCUT2D eigenvalue weighted by atomic mass is 9.85. The molecule has 1 amide bonds. The molecular formula is C9H14F4N2O2. The summed E-state index contributed by atoms with van der Waals surface area (Å²) in [5, 5.41) is 1.79. The third-order valence-electron chi connectivity index (χ3n) is 2.84. The van der Waals surface area contributed by atoms with E-state index in [1.165, 1.54) is 6.92 Å². The predicted molar refractivity (Wildman–Crippen MR) is 50.9 cm³/mol. The van der Waals surface area contributed by atoms with E-state index in [-0.39, 0.29) is 13.2 Å². The molecule has 17 heavy (non-hydrogen) atoms. The molecule has 100 valence electrons. The van der Waals surface area contributed by atoms with Gasteiger partial charge in [0.2, 0.25) is 5.91 Å². The monoisotopic (exact) mass is 258 g/mol. The van der Waals surface area contributed by atoms with E-state index < -0.39 is 36.3 Å². The van der Waals surface area contributed by atoms with Gasteiger partial charge in [0.25, 0.3) is 0 Å². The maximum atomic E-state index is 12.6. The number of carbonyl (C=O) groups excluding carboxylic acids is 1. The largest absolute Gasteiger partial charge is 0.379 e. The topological polar surface area (TPSA) is 64.3 Å². The zero-order valence-corrected chi connectivity index (χ0v) is 9.18. The molecule has 0 aromatic heterocycles. The van der Waals surface area contributed by atoms with Crippen molar-refractivity contribution in [1.29, 1.82) is 0 Å². The summed E-state index contributed by atoms with van der Waals surface area (Å²) < 4.78 is 53.9. The Balaban J connectivity index is 2.56. The Hall–Kier alpha value is -0.890. The first kappa shape index (κ1) is 14.2. The standard InChI is InChI=1S/C9H14F4N2O2/c1-8(4-17-2-5(8)14)7(16)15-3-9(12,13)6(10)11/h5-6H,2-4,14H2,1H3,(H,15,16). The van der Waals surface area contributed by atoms with Gasteiger partial charge in [0.15, 0.2) is 0 Å². The fraction of sp³-hybridized carbons (Fsp3) is 0.889. The number of halogens is 4. The minimum atomic E-state index is -4.24. The molecule has 8 heteroatoms. The second-order valence-corrected chi connectivity index (χ2v) is 4.28. The summed E-state index contributed by atoms with van der Waals surface area (Å²) in [5.74, 6) is -5.04. The van der Waals surface area contributed by atoms with Gasteiger partial charge in [-0.05, 0) is 6.92 Å². The first-order chi connectivity index (χ1) is 7.70. The Labute approximate surface area is 95.5 Å². The number of rotatable bonds is 4. The molecule has 0 saturated carbocycles. The second-order valence-electron chi connectivity index (χ2n) is 4.28. The molecule has 4 nitrogen and oxygen atoms in total. The number of carbonyl (C=O) groups is 1. The Kier molecular flexibility index (Phi) is 3.98. The summed E-state index contributed by atoms with van der Waals surface area (Å²) in [5.41, 5.74) is 4.44. The summed E-state index contributed by atoms with van der Waals surface area (Å²) in [6.45, 7) is 0.155. The lowest BCUT2D eigenvalue weighted by molar-refractivity contribution is -0.142. The summed E-state index contributed by atoms with van der Waals surface area (Å²) in [7, 11) is 0. The molecule has 2 atom stereocenters. The summed E-state index contributed by atoms with van der Waals surface area (Å²) in [6, 6.07) is -0.636. The quantitative estimate of drug-likeness (QED) is 0.716. The minimum Gasteiger partial charge on any atom is -0.379 e. The predicted octanol–water partition coefficient (Wildman–Crippen LogP) is 0.367. The van der Waals surface area contributed by atoms with E-state index in [1.54, 1.807) is 5.32 Å². The molecular weight excluding hydrogens is 244 g/mol. The first-order valence-electron chi connectivity index (χ1n) is 4.98. The molecule has 0 bridgehead atoms. The van der Waals surface area contributed by atoms with Crippen molar-refractivity contribution in [2.24, 2.45) is 11.1 Å². The van der Waals surface area contributed by atoms with Gasteiger partial charge in [-0.25, -0.2) is 8.78 Å². The van der Waals surface area contributed by atoms with Crippen LogP contribution in [0.2, 0.25) is 0 Å². The Morgan fingerprint density at radius 1 is 1.65 bits per heavy atom. The van der Waals surface area contributed by atoms with Crippen LogP contribution in [0, 0.1) is 5.41 Å². The molecule has 1 saturated heterocycles. The molecule has 1 heterocycles. The van der Waals surface area contributed by atoms with Crippen LogP contribution in [0.3, 0.4) is 0 Å². The van der Waals surface area contributed by atoms with Gasteiger partial charge in [0, 0.05) is 6.04 Å². The van der Waals surface area contributed by atoms with Crippen molar-refractivity contribution in [2.75, 3.05) is 19.8 Å². The first-order valence-corrected chi connectivity index (χ1v) is 4.98. The SMILES string of the molecule is CC1(C(=O)NCC(F)(F)C(F)F)COCC1N. The van der Waals surface area contributed by atoms with Gasteiger partial charge in [-0.2, -0.15) is 8.78 Å². The fourth-order valence-electron chi connectivity index (χ4n) is 1.40. The van der Waals surface area contributed by atoms with Crippen molar-refractivity contribution in [3.63, 3.8) is 0 Å². The van der Waals surface area contributed by atoms with E-state index >= 15 is 0 Å². The molecule has 0 aromatic rings. The van der Waals surface area contributed by atoms with E-state index in [4.69, 9.17) is 10.5 Å². The van der Waals surface area contributed by atoms with Crippen LogP contribution in [-0.4, -0.2) is 44.1 Å². The van der Waals surface area contributed by atoms with Crippen LogP contribution in [0.25, 0.3) is 0 Å². The van der Waals surface area contributed by atoms with Crippen LogP contribution >= 0.6 is 0 Å². The molecule has 3 N–H and O–H groups in total. The highest BCUT2D eigenvalue weighted by Gasteiger charge is 2.47. The van der Waals surface area contributed by atoms with Crippen molar-refractivity contribution in [3.05, 3.63) is 0 Å². The third-order valence-corrected chi connectivity index (χ3v) is 2.84. The van der Waals surface area contributed by atoms with E-state index in [1.807, 2.05) is 0 Å². The van der Waals surface area contributed by atoms with Crippen LogP contribution in [0.4, 0.5) is 17.6 Å². The highest BCUT2D eigenvalue weighted by atomic mass is 19.3. The van der Waals surface area contributed by atoms with Crippen LogP contribution < -0.4 is 11.1 Å². The molecule has 1 fully saturated rings. The number of hydrogen-bond acceptors (Lipinski definition) is 3. The van der Waals surface area contributed by atoms with E-state index in [0.717, 1.165) is 0 Å². The van der Waals surface area contributed by atoms with Gasteiger partial charge in [0.05, 0.1) is 25.2 Å². The lowest BCUT2D eigenvalue weighted by Gasteiger charge is -2.26. The highest BCUT2D eigenvalue weighted by Crippen LogP contribution is 2.28. The van der Waals surface area contributed by atoms with Crippen LogP contribution in [0.15, 0.2) is 0 Å². The van der Waals surface area contributed by atoms with Gasteiger partial charge in [-0.3, -0.25) is 4.79 Å². The molecule has 1 aliphatic rings. The molecule has 0 spiro atoms. The number of alkyl halides is 4. The van der Waals surface area contributed by atoms with Crippen molar-refractivity contribution in [2.45, 2.75) is 25.3 Å². The van der Waals surface area contributed by atoms with Crippen LogP contribution in [-0.2, 0) is 9.53 Å². The fourth-order valence-corrected chi connectivity index (χ4v) is 1.40. The normalized spacial score (nSPS) is 29.7. The Morgan fingerprint density at radius 3 is 2.65 bits per heavy atom. The molecule has 1 rings (SSSR count). The van der Waals surface area contributed by atoms with Gasteiger partial charge in [0.1, 0.15) is 0 Å². The van der Waals surface area contributed by atoms with E-state index in [9.17, 15) is 22.4 Å². The molecule has 0 aromatic carbocycles. The average molecular weight is 258 g/mol.